The van der Waals surface area contributed by atoms with Crippen LogP contribution in [0.2, 0.25) is 0 Å². The summed E-state index contributed by atoms with van der Waals surface area (Å²) in [5, 5.41) is 0. The lowest BCUT2D eigenvalue weighted by atomic mass is 10.2. The van der Waals surface area contributed by atoms with E-state index in [1.165, 1.54) is 0 Å². The lowest BCUT2D eigenvalue weighted by Crippen LogP contribution is -2.44. The summed E-state index contributed by atoms with van der Waals surface area (Å²) in [6.07, 6.45) is 1.90. The van der Waals surface area contributed by atoms with Crippen molar-refractivity contribution < 1.29 is 19.1 Å². The number of rotatable bonds is 8. The maximum atomic E-state index is 12.4. The van der Waals surface area contributed by atoms with Gasteiger partial charge in [0.05, 0.1) is 16.6 Å². The number of carbonyl (C=O) groups is 2. The first kappa shape index (κ1) is 22.2. The highest BCUT2D eigenvalue weighted by atomic mass is 79.9. The van der Waals surface area contributed by atoms with Gasteiger partial charge in [-0.2, -0.15) is 0 Å². The minimum absolute atomic E-state index is 0.240. The third kappa shape index (κ3) is 6.53. The van der Waals surface area contributed by atoms with Crippen LogP contribution in [0, 0.1) is 6.92 Å². The van der Waals surface area contributed by atoms with E-state index < -0.39 is 11.8 Å². The highest BCUT2D eigenvalue weighted by Crippen LogP contribution is 2.32. The fraction of sp³-hybridized carbons (Fsp3) is 0.300. The second kappa shape index (κ2) is 11.1. The Morgan fingerprint density at radius 1 is 1.07 bits per heavy atom. The van der Waals surface area contributed by atoms with Gasteiger partial charge in [-0.15, -0.1) is 0 Å². The molecule has 0 aliphatic carbocycles. The SMILES string of the molecule is CCCCOc1ccccc1C(=O)NNC(=O)COc1c(C)cc(Br)cc1Br. The molecule has 0 spiro atoms. The molecule has 8 heteroatoms. The number of unbranched alkanes of at least 4 members (excludes halogenated alkanes) is 1. The van der Waals surface area contributed by atoms with Gasteiger partial charge in [0.15, 0.2) is 6.61 Å². The quantitative estimate of drug-likeness (QED) is 0.401. The summed E-state index contributed by atoms with van der Waals surface area (Å²) in [6, 6.07) is 10.6. The van der Waals surface area contributed by atoms with Crippen molar-refractivity contribution in [3.63, 3.8) is 0 Å². The minimum atomic E-state index is -0.480. The molecule has 0 saturated carbocycles. The normalized spacial score (nSPS) is 10.3. The van der Waals surface area contributed by atoms with Gasteiger partial charge in [-0.3, -0.25) is 20.4 Å². The Bertz CT molecular complexity index is 820. The van der Waals surface area contributed by atoms with E-state index in [4.69, 9.17) is 9.47 Å². The highest BCUT2D eigenvalue weighted by Gasteiger charge is 2.14. The zero-order valence-electron chi connectivity index (χ0n) is 15.7. The molecule has 2 aromatic carbocycles. The van der Waals surface area contributed by atoms with E-state index in [1.54, 1.807) is 24.3 Å². The monoisotopic (exact) mass is 512 g/mol. The standard InChI is InChI=1S/C20H22Br2N2O4/c1-3-4-9-27-17-8-6-5-7-15(17)20(26)24-23-18(25)12-28-19-13(2)10-14(21)11-16(19)22/h5-8,10-11H,3-4,9,12H2,1-2H3,(H,23,25)(H,24,26). The first-order valence-electron chi connectivity index (χ1n) is 8.81. The molecule has 2 N–H and O–H groups in total. The zero-order chi connectivity index (χ0) is 20.5. The number of hydrazine groups is 1. The number of hydrogen-bond acceptors (Lipinski definition) is 4. The van der Waals surface area contributed by atoms with Crippen molar-refractivity contribution in [1.82, 2.24) is 10.9 Å². The first-order chi connectivity index (χ1) is 13.4. The second-order valence-corrected chi connectivity index (χ2v) is 7.79. The lowest BCUT2D eigenvalue weighted by Gasteiger charge is -2.13. The van der Waals surface area contributed by atoms with E-state index in [1.807, 2.05) is 19.1 Å². The van der Waals surface area contributed by atoms with Crippen molar-refractivity contribution in [2.75, 3.05) is 13.2 Å². The maximum absolute atomic E-state index is 12.4. The van der Waals surface area contributed by atoms with E-state index >= 15 is 0 Å². The van der Waals surface area contributed by atoms with Gasteiger partial charge in [0, 0.05) is 4.47 Å². The van der Waals surface area contributed by atoms with Gasteiger partial charge >= 0.3 is 0 Å². The molecular formula is C20H22Br2N2O4. The number of para-hydroxylation sites is 1. The van der Waals surface area contributed by atoms with Crippen LogP contribution in [0.3, 0.4) is 0 Å². The molecule has 2 rings (SSSR count). The molecule has 0 aromatic heterocycles. The van der Waals surface area contributed by atoms with Crippen molar-refractivity contribution in [3.8, 4) is 11.5 Å². The van der Waals surface area contributed by atoms with Gasteiger partial charge in [0.25, 0.3) is 11.8 Å². The number of amides is 2. The van der Waals surface area contributed by atoms with Crippen LogP contribution in [0.4, 0.5) is 0 Å². The maximum Gasteiger partial charge on any atom is 0.276 e. The van der Waals surface area contributed by atoms with Crippen molar-refractivity contribution in [3.05, 3.63) is 56.5 Å². The molecule has 0 heterocycles. The molecule has 2 amide bonds. The Morgan fingerprint density at radius 3 is 2.54 bits per heavy atom. The van der Waals surface area contributed by atoms with Gasteiger partial charge in [-0.1, -0.05) is 41.4 Å². The molecule has 0 fully saturated rings. The number of ether oxygens (including phenoxy) is 2. The largest absolute Gasteiger partial charge is 0.493 e. The van der Waals surface area contributed by atoms with Crippen LogP contribution >= 0.6 is 31.9 Å². The van der Waals surface area contributed by atoms with Gasteiger partial charge in [0.2, 0.25) is 0 Å². The smallest absolute Gasteiger partial charge is 0.276 e. The number of halogens is 2. The van der Waals surface area contributed by atoms with Crippen LogP contribution in [-0.2, 0) is 4.79 Å². The third-order valence-electron chi connectivity index (χ3n) is 3.74. The van der Waals surface area contributed by atoms with Crippen LogP contribution in [-0.4, -0.2) is 25.0 Å². The molecular weight excluding hydrogens is 492 g/mol. The molecule has 0 unspecified atom stereocenters. The van der Waals surface area contributed by atoms with Gasteiger partial charge in [-0.05, 0) is 59.1 Å². The predicted octanol–water partition coefficient (Wildman–Crippen LogP) is 4.54. The average molecular weight is 514 g/mol. The van der Waals surface area contributed by atoms with Crippen molar-refractivity contribution in [2.45, 2.75) is 26.7 Å². The van der Waals surface area contributed by atoms with Crippen molar-refractivity contribution >= 4 is 43.7 Å². The molecule has 150 valence electrons. The summed E-state index contributed by atoms with van der Waals surface area (Å²) < 4.78 is 12.8. The summed E-state index contributed by atoms with van der Waals surface area (Å²) >= 11 is 6.80. The molecule has 0 aliphatic rings. The highest BCUT2D eigenvalue weighted by molar-refractivity contribution is 9.11. The number of nitrogens with one attached hydrogen (secondary N) is 2. The Balaban J connectivity index is 1.89. The summed E-state index contributed by atoms with van der Waals surface area (Å²) in [5.74, 6) is 0.112. The average Bonchev–Trinajstić information content (AvgIpc) is 2.66. The van der Waals surface area contributed by atoms with Crippen LogP contribution in [0.15, 0.2) is 45.3 Å². The Hall–Kier alpha value is -2.06. The van der Waals surface area contributed by atoms with Crippen molar-refractivity contribution in [2.24, 2.45) is 0 Å². The molecule has 2 aromatic rings. The predicted molar refractivity (Wildman–Crippen MR) is 115 cm³/mol. The second-order valence-electron chi connectivity index (χ2n) is 6.02. The third-order valence-corrected chi connectivity index (χ3v) is 4.79. The van der Waals surface area contributed by atoms with Gasteiger partial charge < -0.3 is 9.47 Å². The lowest BCUT2D eigenvalue weighted by molar-refractivity contribution is -0.123. The van der Waals surface area contributed by atoms with Crippen LogP contribution in [0.5, 0.6) is 11.5 Å². The van der Waals surface area contributed by atoms with Gasteiger partial charge in [-0.25, -0.2) is 0 Å². The fourth-order valence-electron chi connectivity index (χ4n) is 2.35. The van der Waals surface area contributed by atoms with E-state index in [0.29, 0.717) is 23.7 Å². The minimum Gasteiger partial charge on any atom is -0.493 e. The van der Waals surface area contributed by atoms with E-state index in [9.17, 15) is 9.59 Å². The molecule has 0 radical (unpaired) electrons. The van der Waals surface area contributed by atoms with Gasteiger partial charge in [0.1, 0.15) is 11.5 Å². The number of aryl methyl sites for hydroxylation is 1. The molecule has 0 saturated heterocycles. The van der Waals surface area contributed by atoms with Crippen LogP contribution in [0.25, 0.3) is 0 Å². The molecule has 28 heavy (non-hydrogen) atoms. The number of hydrogen-bond donors (Lipinski definition) is 2. The summed E-state index contributed by atoms with van der Waals surface area (Å²) in [4.78, 5) is 24.4. The van der Waals surface area contributed by atoms with Crippen LogP contribution < -0.4 is 20.3 Å². The molecule has 0 bridgehead atoms. The molecule has 0 aliphatic heterocycles. The van der Waals surface area contributed by atoms with E-state index in [0.717, 1.165) is 27.4 Å². The molecule has 0 atom stereocenters. The zero-order valence-corrected chi connectivity index (χ0v) is 18.9. The Kier molecular flexibility index (Phi) is 8.79. The van der Waals surface area contributed by atoms with E-state index in [-0.39, 0.29) is 6.61 Å². The molecule has 6 nitrogen and oxygen atoms in total. The Morgan fingerprint density at radius 2 is 1.82 bits per heavy atom. The topological polar surface area (TPSA) is 76.7 Å². The summed E-state index contributed by atoms with van der Waals surface area (Å²) in [6.45, 7) is 4.23. The van der Waals surface area contributed by atoms with Crippen LogP contribution in [0.1, 0.15) is 35.7 Å². The summed E-state index contributed by atoms with van der Waals surface area (Å²) in [7, 11) is 0. The van der Waals surface area contributed by atoms with E-state index in [2.05, 4.69) is 49.6 Å². The fourth-order valence-corrected chi connectivity index (χ4v) is 3.90. The summed E-state index contributed by atoms with van der Waals surface area (Å²) in [5.41, 5.74) is 5.96. The number of carbonyl (C=O) groups excluding carboxylic acids is 2. The Labute approximate surface area is 181 Å². The number of benzene rings is 2. The first-order valence-corrected chi connectivity index (χ1v) is 10.4. The van der Waals surface area contributed by atoms with Crippen molar-refractivity contribution in [1.29, 1.82) is 0 Å².